The molecule has 2 aromatic rings. The summed E-state index contributed by atoms with van der Waals surface area (Å²) in [6, 6.07) is 3.26. The molecule has 1 saturated heterocycles. The number of nitrogens with zero attached hydrogens (tertiary/aromatic N) is 4. The number of alkyl halides is 3. The van der Waals surface area contributed by atoms with E-state index in [0.717, 1.165) is 55.9 Å². The molecule has 1 saturated carbocycles. The van der Waals surface area contributed by atoms with Gasteiger partial charge in [-0.25, -0.2) is 14.4 Å². The smallest absolute Gasteiger partial charge is 0.403 e. The van der Waals surface area contributed by atoms with Gasteiger partial charge in [-0.15, -0.1) is 13.2 Å². The zero-order chi connectivity index (χ0) is 26.2. The number of aromatic nitrogens is 2. The highest BCUT2D eigenvalue weighted by Crippen LogP contribution is 2.37. The van der Waals surface area contributed by atoms with Crippen molar-refractivity contribution in [3.8, 4) is 5.75 Å². The molecule has 1 aromatic carbocycles. The third kappa shape index (κ3) is 5.97. The number of piperazine rings is 1. The van der Waals surface area contributed by atoms with E-state index in [4.69, 9.17) is 0 Å². The Bertz CT molecular complexity index is 1130. The van der Waals surface area contributed by atoms with Crippen molar-refractivity contribution in [3.63, 3.8) is 0 Å². The molecule has 200 valence electrons. The van der Waals surface area contributed by atoms with Gasteiger partial charge in [0.05, 0.1) is 5.92 Å². The fourth-order valence-electron chi connectivity index (χ4n) is 5.28. The van der Waals surface area contributed by atoms with E-state index in [1.807, 2.05) is 0 Å². The van der Waals surface area contributed by atoms with E-state index in [-0.39, 0.29) is 12.5 Å². The third-order valence-corrected chi connectivity index (χ3v) is 7.50. The fourth-order valence-corrected chi connectivity index (χ4v) is 5.28. The zero-order valence-corrected chi connectivity index (χ0v) is 20.7. The summed E-state index contributed by atoms with van der Waals surface area (Å²) in [6.45, 7) is 5.39. The highest BCUT2D eigenvalue weighted by molar-refractivity contribution is 5.84. The van der Waals surface area contributed by atoms with Crippen molar-refractivity contribution in [1.29, 1.82) is 0 Å². The van der Waals surface area contributed by atoms with Crippen molar-refractivity contribution in [3.05, 3.63) is 47.2 Å². The highest BCUT2D eigenvalue weighted by atomic mass is 19.4. The quantitative estimate of drug-likeness (QED) is 0.530. The van der Waals surface area contributed by atoms with E-state index in [1.165, 1.54) is 11.6 Å². The van der Waals surface area contributed by atoms with Crippen LogP contribution in [0.2, 0.25) is 0 Å². The largest absolute Gasteiger partial charge is 0.573 e. The van der Waals surface area contributed by atoms with Crippen LogP contribution < -0.4 is 15.0 Å². The lowest BCUT2D eigenvalue weighted by atomic mass is 9.96. The van der Waals surface area contributed by atoms with Crippen LogP contribution in [0.25, 0.3) is 0 Å². The monoisotopic (exact) mass is 521 g/mol. The Morgan fingerprint density at radius 1 is 1.16 bits per heavy atom. The molecule has 3 aliphatic rings. The Kier molecular flexibility index (Phi) is 7.24. The molecule has 2 aliphatic carbocycles. The molecule has 2 atom stereocenters. The van der Waals surface area contributed by atoms with Crippen molar-refractivity contribution >= 4 is 11.7 Å². The van der Waals surface area contributed by atoms with Crippen LogP contribution in [0, 0.1) is 11.7 Å². The maximum Gasteiger partial charge on any atom is 0.573 e. The first-order valence-electron chi connectivity index (χ1n) is 12.8. The number of amides is 1. The minimum Gasteiger partial charge on any atom is -0.403 e. The first-order valence-corrected chi connectivity index (χ1v) is 12.8. The van der Waals surface area contributed by atoms with Crippen LogP contribution in [0.4, 0.5) is 23.4 Å². The van der Waals surface area contributed by atoms with Gasteiger partial charge >= 0.3 is 6.36 Å². The molecule has 1 amide bonds. The molecule has 0 unspecified atom stereocenters. The van der Waals surface area contributed by atoms with Crippen molar-refractivity contribution in [2.24, 2.45) is 5.92 Å². The molecule has 1 N–H and O–H groups in total. The lowest BCUT2D eigenvalue weighted by Gasteiger charge is -2.38. The second kappa shape index (κ2) is 10.4. The SMILES string of the molecule is C[C@@H]1CCc2ncnc(N3CCN(C(=O)[C@H](CNCC4CC4)c4ccc(OC(F)(F)F)c(F)c4)CC3)c21. The van der Waals surface area contributed by atoms with Crippen LogP contribution in [-0.4, -0.2) is 66.4 Å². The predicted molar refractivity (Wildman–Crippen MR) is 129 cm³/mol. The van der Waals surface area contributed by atoms with E-state index in [0.29, 0.717) is 43.6 Å². The zero-order valence-electron chi connectivity index (χ0n) is 20.7. The number of fused-ring (bicyclic) bond motifs is 1. The van der Waals surface area contributed by atoms with E-state index < -0.39 is 23.8 Å². The number of rotatable bonds is 8. The first-order chi connectivity index (χ1) is 17.7. The van der Waals surface area contributed by atoms with Crippen LogP contribution >= 0.6 is 0 Å². The number of aryl methyl sites for hydroxylation is 1. The van der Waals surface area contributed by atoms with Gasteiger partial charge in [-0.2, -0.15) is 0 Å². The molecule has 7 nitrogen and oxygen atoms in total. The average molecular weight is 522 g/mol. The molecule has 2 heterocycles. The summed E-state index contributed by atoms with van der Waals surface area (Å²) in [5.74, 6) is -1.04. The summed E-state index contributed by atoms with van der Waals surface area (Å²) in [7, 11) is 0. The van der Waals surface area contributed by atoms with E-state index in [2.05, 4.69) is 31.8 Å². The predicted octanol–water partition coefficient (Wildman–Crippen LogP) is 4.00. The molecule has 0 bridgehead atoms. The number of ether oxygens (including phenoxy) is 1. The number of nitrogens with one attached hydrogen (secondary N) is 1. The second-order valence-corrected chi connectivity index (χ2v) is 10.2. The number of carbonyl (C=O) groups excluding carboxylic acids is 1. The van der Waals surface area contributed by atoms with Gasteiger partial charge in [0, 0.05) is 44.0 Å². The summed E-state index contributed by atoms with van der Waals surface area (Å²) in [4.78, 5) is 26.5. The molecule has 0 spiro atoms. The summed E-state index contributed by atoms with van der Waals surface area (Å²) in [5, 5.41) is 3.30. The van der Waals surface area contributed by atoms with Crippen molar-refractivity contribution < 1.29 is 27.1 Å². The maximum atomic E-state index is 14.5. The third-order valence-electron chi connectivity index (χ3n) is 7.50. The van der Waals surface area contributed by atoms with Crippen molar-refractivity contribution in [1.82, 2.24) is 20.2 Å². The van der Waals surface area contributed by atoms with Crippen molar-refractivity contribution in [2.75, 3.05) is 44.2 Å². The minimum absolute atomic E-state index is 0.173. The summed E-state index contributed by atoms with van der Waals surface area (Å²) < 4.78 is 56.0. The number of benzene rings is 1. The standard InChI is InChI=1S/C26H31F4N5O2/c1-16-2-6-21-23(16)24(33-15-32-21)34-8-10-35(11-9-34)25(36)19(14-31-13-17-3-4-17)18-5-7-22(20(27)12-18)37-26(28,29)30/h5,7,12,15-17,19,31H,2-4,6,8-11,13-14H2,1H3/t16-,19-/m1/s1. The van der Waals surface area contributed by atoms with E-state index >= 15 is 0 Å². The van der Waals surface area contributed by atoms with Gasteiger partial charge in [-0.3, -0.25) is 4.79 Å². The molecule has 0 radical (unpaired) electrons. The lowest BCUT2D eigenvalue weighted by molar-refractivity contribution is -0.275. The molecule has 2 fully saturated rings. The molecule has 5 rings (SSSR count). The molecule has 11 heteroatoms. The lowest BCUT2D eigenvalue weighted by Crippen LogP contribution is -2.51. The van der Waals surface area contributed by atoms with Crippen LogP contribution in [0.5, 0.6) is 5.75 Å². The summed E-state index contributed by atoms with van der Waals surface area (Å²) >= 11 is 0. The van der Waals surface area contributed by atoms with E-state index in [1.54, 1.807) is 11.2 Å². The Morgan fingerprint density at radius 2 is 1.92 bits per heavy atom. The number of halogens is 4. The Morgan fingerprint density at radius 3 is 2.59 bits per heavy atom. The van der Waals surface area contributed by atoms with Gasteiger partial charge in [0.2, 0.25) is 5.91 Å². The Hall–Kier alpha value is -2.95. The van der Waals surface area contributed by atoms with Crippen LogP contribution in [0.15, 0.2) is 24.5 Å². The topological polar surface area (TPSA) is 70.6 Å². The maximum absolute atomic E-state index is 14.5. The molecule has 1 aromatic heterocycles. The Balaban J connectivity index is 1.29. The van der Waals surface area contributed by atoms with Gasteiger partial charge in [0.15, 0.2) is 11.6 Å². The van der Waals surface area contributed by atoms with E-state index in [9.17, 15) is 22.4 Å². The first kappa shape index (κ1) is 25.7. The summed E-state index contributed by atoms with van der Waals surface area (Å²) in [6.07, 6.45) is 0.881. The number of anilines is 1. The number of hydrogen-bond donors (Lipinski definition) is 1. The van der Waals surface area contributed by atoms with Crippen LogP contribution in [0.1, 0.15) is 54.8 Å². The van der Waals surface area contributed by atoms with Crippen LogP contribution in [0.3, 0.4) is 0 Å². The molecule has 37 heavy (non-hydrogen) atoms. The number of carbonyl (C=O) groups is 1. The van der Waals surface area contributed by atoms with Gasteiger partial charge in [-0.1, -0.05) is 13.0 Å². The Labute approximate surface area is 213 Å². The molecule has 1 aliphatic heterocycles. The second-order valence-electron chi connectivity index (χ2n) is 10.2. The average Bonchev–Trinajstić information content (AvgIpc) is 3.62. The normalized spacial score (nSPS) is 20.6. The van der Waals surface area contributed by atoms with Gasteiger partial charge < -0.3 is 19.9 Å². The van der Waals surface area contributed by atoms with Crippen LogP contribution in [-0.2, 0) is 11.2 Å². The van der Waals surface area contributed by atoms with Crippen molar-refractivity contribution in [2.45, 2.75) is 50.8 Å². The molecular formula is C26H31F4N5O2. The van der Waals surface area contributed by atoms with Gasteiger partial charge in [0.25, 0.3) is 0 Å². The minimum atomic E-state index is -5.00. The van der Waals surface area contributed by atoms with Gasteiger partial charge in [0.1, 0.15) is 12.1 Å². The van der Waals surface area contributed by atoms with Gasteiger partial charge in [-0.05, 0) is 61.8 Å². The fraction of sp³-hybridized carbons (Fsp3) is 0.577. The highest BCUT2D eigenvalue weighted by Gasteiger charge is 2.35. The summed E-state index contributed by atoms with van der Waals surface area (Å²) in [5.41, 5.74) is 2.61. The molecular weight excluding hydrogens is 490 g/mol. The number of hydrogen-bond acceptors (Lipinski definition) is 6.